The fourth-order valence-electron chi connectivity index (χ4n) is 1.51. The van der Waals surface area contributed by atoms with Crippen LogP contribution in [0.4, 0.5) is 0 Å². The molecule has 8 N–H and O–H groups in total. The highest BCUT2D eigenvalue weighted by Gasteiger charge is 1.88. The van der Waals surface area contributed by atoms with Crippen molar-refractivity contribution in [3.63, 3.8) is 0 Å². The van der Waals surface area contributed by atoms with Crippen molar-refractivity contribution < 1.29 is 36.7 Å². The second-order valence-electron chi connectivity index (χ2n) is 5.05. The van der Waals surface area contributed by atoms with Crippen LogP contribution in [-0.2, 0) is 22.7 Å². The standard InChI is InChI=1S/2C8H11N.C2H2O4.H2O/c2*1-7-2-4-8(6-9)5-3-7;3-1(4)2(5)6;/h2*2-5H,6,9H2,1H3;(H,3,4)(H,5,6);1H2. The van der Waals surface area contributed by atoms with Gasteiger partial charge in [0, 0.05) is 11.1 Å². The number of hydrogen-bond acceptors (Lipinski definition) is 4. The molecular formula is C18H26N2O5. The lowest BCUT2D eigenvalue weighted by Crippen LogP contribution is -2.47. The monoisotopic (exact) mass is 350 g/mol. The Morgan fingerprint density at radius 2 is 0.960 bits per heavy atom. The fraction of sp³-hybridized carbons (Fsp3) is 0.222. The maximum Gasteiger partial charge on any atom is 0.0997 e. The van der Waals surface area contributed by atoms with Crippen LogP contribution in [0.15, 0.2) is 48.5 Å². The van der Waals surface area contributed by atoms with Gasteiger partial charge < -0.3 is 36.7 Å². The van der Waals surface area contributed by atoms with E-state index in [4.69, 9.17) is 19.8 Å². The van der Waals surface area contributed by atoms with E-state index in [0.29, 0.717) is 0 Å². The molecule has 0 amide bonds. The molecule has 2 rings (SSSR count). The lowest BCUT2D eigenvalue weighted by atomic mass is 10.2. The van der Waals surface area contributed by atoms with E-state index < -0.39 is 11.9 Å². The van der Waals surface area contributed by atoms with Crippen LogP contribution in [0.2, 0.25) is 0 Å². The number of hydrogen-bond donors (Lipinski definition) is 2. The van der Waals surface area contributed by atoms with Crippen molar-refractivity contribution in [3.05, 3.63) is 70.8 Å². The molecule has 0 bridgehead atoms. The Labute approximate surface area is 147 Å². The number of carboxylic acids is 2. The zero-order valence-electron chi connectivity index (χ0n) is 14.6. The molecule has 0 heterocycles. The number of aliphatic carboxylic acids is 2. The largest absolute Gasteiger partial charge is 0.543 e. The first-order valence-electron chi connectivity index (χ1n) is 7.42. The highest BCUT2D eigenvalue weighted by Crippen LogP contribution is 2.00. The van der Waals surface area contributed by atoms with Crippen LogP contribution >= 0.6 is 0 Å². The van der Waals surface area contributed by atoms with E-state index in [-0.39, 0.29) is 5.48 Å². The van der Waals surface area contributed by atoms with E-state index in [1.807, 2.05) is 0 Å². The first kappa shape index (κ1) is 24.5. The van der Waals surface area contributed by atoms with Gasteiger partial charge >= 0.3 is 0 Å². The quantitative estimate of drug-likeness (QED) is 0.556. The predicted molar refractivity (Wildman–Crippen MR) is 89.2 cm³/mol. The van der Waals surface area contributed by atoms with Crippen molar-refractivity contribution in [1.29, 1.82) is 0 Å². The molecule has 0 aromatic heterocycles. The minimum Gasteiger partial charge on any atom is -0.543 e. The van der Waals surface area contributed by atoms with Crippen LogP contribution in [0.25, 0.3) is 0 Å². The molecule has 0 atom stereocenters. The molecule has 25 heavy (non-hydrogen) atoms. The average Bonchev–Trinajstić information content (AvgIpc) is 2.57. The Bertz CT molecular complexity index is 567. The van der Waals surface area contributed by atoms with E-state index in [0.717, 1.165) is 13.1 Å². The maximum absolute atomic E-state index is 8.93. The third-order valence-electron chi connectivity index (χ3n) is 2.99. The number of carbonyl (C=O) groups excluding carboxylic acids is 2. The van der Waals surface area contributed by atoms with Crippen LogP contribution in [-0.4, -0.2) is 17.4 Å². The van der Waals surface area contributed by atoms with Gasteiger partial charge in [-0.25, -0.2) is 0 Å². The predicted octanol–water partition coefficient (Wildman–Crippen LogP) is -2.86. The Balaban J connectivity index is 0. The molecule has 0 radical (unpaired) electrons. The SMILES string of the molecule is Cc1ccc(C[NH3+])cc1.Cc1ccc(C[NH3+])cc1.O.O=C([O-])C(=O)[O-]. The van der Waals surface area contributed by atoms with Crippen LogP contribution in [0.5, 0.6) is 0 Å². The number of carbonyl (C=O) groups is 2. The van der Waals surface area contributed by atoms with E-state index in [1.165, 1.54) is 22.3 Å². The van der Waals surface area contributed by atoms with Gasteiger partial charge in [-0.3, -0.25) is 0 Å². The number of benzene rings is 2. The molecule has 0 aliphatic rings. The molecule has 0 saturated heterocycles. The zero-order chi connectivity index (χ0) is 18.5. The fourth-order valence-corrected chi connectivity index (χ4v) is 1.51. The van der Waals surface area contributed by atoms with Gasteiger partial charge in [0.2, 0.25) is 0 Å². The number of aryl methyl sites for hydroxylation is 2. The van der Waals surface area contributed by atoms with Crippen LogP contribution in [0.1, 0.15) is 22.3 Å². The molecular weight excluding hydrogens is 324 g/mol. The van der Waals surface area contributed by atoms with Crippen molar-refractivity contribution in [2.45, 2.75) is 26.9 Å². The zero-order valence-corrected chi connectivity index (χ0v) is 14.6. The third-order valence-corrected chi connectivity index (χ3v) is 2.99. The van der Waals surface area contributed by atoms with Crippen LogP contribution in [0.3, 0.4) is 0 Å². The lowest BCUT2D eigenvalue weighted by molar-refractivity contribution is -0.386. The molecule has 0 unspecified atom stereocenters. The molecule has 0 fully saturated rings. The molecule has 2 aromatic rings. The van der Waals surface area contributed by atoms with E-state index in [2.05, 4.69) is 73.8 Å². The van der Waals surface area contributed by atoms with Gasteiger partial charge in [0.15, 0.2) is 0 Å². The van der Waals surface area contributed by atoms with Crippen molar-refractivity contribution >= 4 is 11.9 Å². The number of rotatable bonds is 2. The summed E-state index contributed by atoms with van der Waals surface area (Å²) in [7, 11) is 0. The minimum absolute atomic E-state index is 0. The summed E-state index contributed by atoms with van der Waals surface area (Å²) in [5.41, 5.74) is 12.8. The van der Waals surface area contributed by atoms with Crippen molar-refractivity contribution in [1.82, 2.24) is 0 Å². The molecule has 138 valence electrons. The Hall–Kier alpha value is -2.74. The molecule has 0 aliphatic heterocycles. The first-order valence-corrected chi connectivity index (χ1v) is 7.42. The highest BCUT2D eigenvalue weighted by atomic mass is 16.4. The Morgan fingerprint density at radius 3 is 1.12 bits per heavy atom. The second-order valence-corrected chi connectivity index (χ2v) is 5.05. The smallest absolute Gasteiger partial charge is 0.0997 e. The van der Waals surface area contributed by atoms with E-state index in [9.17, 15) is 0 Å². The topological polar surface area (TPSA) is 167 Å². The van der Waals surface area contributed by atoms with Gasteiger partial charge in [-0.1, -0.05) is 59.7 Å². The highest BCUT2D eigenvalue weighted by molar-refractivity contribution is 6.25. The normalized spacial score (nSPS) is 8.64. The van der Waals surface area contributed by atoms with E-state index >= 15 is 0 Å². The number of quaternary nitrogens is 2. The van der Waals surface area contributed by atoms with Gasteiger partial charge in [0.1, 0.15) is 0 Å². The molecule has 0 aliphatic carbocycles. The third kappa shape index (κ3) is 12.4. The summed E-state index contributed by atoms with van der Waals surface area (Å²) in [6.45, 7) is 5.96. The molecule has 2 aromatic carbocycles. The first-order chi connectivity index (χ1) is 11.3. The Morgan fingerprint density at radius 1 is 0.720 bits per heavy atom. The molecule has 0 spiro atoms. The summed E-state index contributed by atoms with van der Waals surface area (Å²) in [5.74, 6) is -4.37. The van der Waals surface area contributed by atoms with Gasteiger partial charge in [-0.2, -0.15) is 0 Å². The van der Waals surface area contributed by atoms with Gasteiger partial charge in [-0.05, 0) is 13.8 Å². The van der Waals surface area contributed by atoms with Crippen molar-refractivity contribution in [3.8, 4) is 0 Å². The van der Waals surface area contributed by atoms with Gasteiger partial charge in [0.05, 0.1) is 25.0 Å². The summed E-state index contributed by atoms with van der Waals surface area (Å²) >= 11 is 0. The van der Waals surface area contributed by atoms with Crippen LogP contribution in [0, 0.1) is 13.8 Å². The Kier molecular flexibility index (Phi) is 13.4. The summed E-state index contributed by atoms with van der Waals surface area (Å²) in [4.78, 5) is 17.9. The van der Waals surface area contributed by atoms with E-state index in [1.54, 1.807) is 0 Å². The lowest BCUT2D eigenvalue weighted by Gasteiger charge is -1.97. The summed E-state index contributed by atoms with van der Waals surface area (Å²) in [6.07, 6.45) is 0. The number of carboxylic acid groups (broad SMARTS) is 2. The van der Waals surface area contributed by atoms with Gasteiger partial charge in [0.25, 0.3) is 0 Å². The molecule has 7 heteroatoms. The summed E-state index contributed by atoms with van der Waals surface area (Å²) in [6, 6.07) is 16.9. The minimum atomic E-state index is -2.19. The van der Waals surface area contributed by atoms with Crippen molar-refractivity contribution in [2.24, 2.45) is 0 Å². The maximum atomic E-state index is 8.93. The summed E-state index contributed by atoms with van der Waals surface area (Å²) in [5, 5.41) is 17.9. The summed E-state index contributed by atoms with van der Waals surface area (Å²) < 4.78 is 0. The molecule has 7 nitrogen and oxygen atoms in total. The average molecular weight is 350 g/mol. The second kappa shape index (κ2) is 13.7. The van der Waals surface area contributed by atoms with Crippen LogP contribution < -0.4 is 21.7 Å². The van der Waals surface area contributed by atoms with Gasteiger partial charge in [-0.15, -0.1) is 0 Å². The molecule has 0 saturated carbocycles. The van der Waals surface area contributed by atoms with Crippen molar-refractivity contribution in [2.75, 3.05) is 0 Å².